The number of piperidine rings is 1. The summed E-state index contributed by atoms with van der Waals surface area (Å²) in [6.45, 7) is 9.16. The van der Waals surface area contributed by atoms with E-state index in [2.05, 4.69) is 99.1 Å². The van der Waals surface area contributed by atoms with Crippen LogP contribution >= 0.6 is 0 Å². The summed E-state index contributed by atoms with van der Waals surface area (Å²) < 4.78 is 4.06. The molecule has 8 nitrogen and oxygen atoms in total. The molecule has 206 valence electrons. The first-order valence-corrected chi connectivity index (χ1v) is 14.1. The molecule has 0 spiro atoms. The van der Waals surface area contributed by atoms with Crippen molar-refractivity contribution in [3.63, 3.8) is 0 Å². The molecule has 1 fully saturated rings. The largest absolute Gasteiger partial charge is 0.391 e. The molecule has 40 heavy (non-hydrogen) atoms. The lowest BCUT2D eigenvalue weighted by atomic mass is 9.77. The summed E-state index contributed by atoms with van der Waals surface area (Å²) in [6.07, 6.45) is 8.01. The van der Waals surface area contributed by atoms with E-state index in [-0.39, 0.29) is 5.41 Å². The Morgan fingerprint density at radius 3 is 2.52 bits per heavy atom. The first kappa shape index (κ1) is 26.2. The van der Waals surface area contributed by atoms with E-state index in [1.54, 1.807) is 12.5 Å². The molecule has 0 amide bonds. The molecule has 3 aromatic heterocycles. The molecule has 0 unspecified atom stereocenters. The predicted molar refractivity (Wildman–Crippen MR) is 158 cm³/mol. The summed E-state index contributed by atoms with van der Waals surface area (Å²) in [7, 11) is 0. The second kappa shape index (κ2) is 11.2. The SMILES string of the molecule is CCN(Cc1ccc(-n2cccn2)cc1)c1ncnc2c1ccn2C[C@@]1(C)CCN(Cc2ccccc2)C[C@@H]1O. The van der Waals surface area contributed by atoms with Crippen LogP contribution in [0.4, 0.5) is 5.82 Å². The van der Waals surface area contributed by atoms with Gasteiger partial charge in [-0.1, -0.05) is 49.4 Å². The lowest BCUT2D eigenvalue weighted by molar-refractivity contribution is -0.0465. The second-order valence-corrected chi connectivity index (χ2v) is 11.1. The van der Waals surface area contributed by atoms with Crippen LogP contribution in [0, 0.1) is 5.41 Å². The van der Waals surface area contributed by atoms with Crippen LogP contribution in [0.1, 0.15) is 31.4 Å². The van der Waals surface area contributed by atoms with Crippen molar-refractivity contribution in [2.45, 2.75) is 46.0 Å². The topological polar surface area (TPSA) is 75.2 Å². The van der Waals surface area contributed by atoms with Gasteiger partial charge in [-0.25, -0.2) is 14.6 Å². The summed E-state index contributed by atoms with van der Waals surface area (Å²) in [5.74, 6) is 0.936. The van der Waals surface area contributed by atoms with Gasteiger partial charge in [0.25, 0.3) is 0 Å². The van der Waals surface area contributed by atoms with Crippen LogP contribution in [0.25, 0.3) is 16.7 Å². The maximum Gasteiger partial charge on any atom is 0.145 e. The fraction of sp³-hybridized carbons (Fsp3) is 0.344. The number of likely N-dealkylation sites (tertiary alicyclic amines) is 1. The first-order chi connectivity index (χ1) is 19.5. The minimum Gasteiger partial charge on any atom is -0.391 e. The van der Waals surface area contributed by atoms with Crippen molar-refractivity contribution in [2.75, 3.05) is 24.5 Å². The average Bonchev–Trinajstić information content (AvgIpc) is 3.66. The number of aliphatic hydroxyl groups excluding tert-OH is 1. The van der Waals surface area contributed by atoms with Crippen LogP contribution in [-0.2, 0) is 19.6 Å². The lowest BCUT2D eigenvalue weighted by Gasteiger charge is -2.43. The molecule has 0 aliphatic carbocycles. The zero-order chi connectivity index (χ0) is 27.5. The number of β-amino-alcohol motifs (C(OH)–C–C–N with tert-alkyl or cyclic N) is 1. The lowest BCUT2D eigenvalue weighted by Crippen LogP contribution is -2.50. The Balaban J connectivity index is 1.17. The van der Waals surface area contributed by atoms with E-state index >= 15 is 0 Å². The molecule has 2 atom stereocenters. The van der Waals surface area contributed by atoms with E-state index in [4.69, 9.17) is 4.98 Å². The van der Waals surface area contributed by atoms with Gasteiger partial charge in [0.2, 0.25) is 0 Å². The third-order valence-electron chi connectivity index (χ3n) is 8.31. The Kier molecular flexibility index (Phi) is 7.36. The summed E-state index contributed by atoms with van der Waals surface area (Å²) in [5, 5.41) is 16.6. The van der Waals surface area contributed by atoms with Crippen molar-refractivity contribution in [1.82, 2.24) is 29.2 Å². The van der Waals surface area contributed by atoms with Gasteiger partial charge in [0.15, 0.2) is 0 Å². The van der Waals surface area contributed by atoms with Crippen LogP contribution in [0.2, 0.25) is 0 Å². The number of fused-ring (bicyclic) bond motifs is 1. The molecule has 1 N–H and O–H groups in total. The maximum absolute atomic E-state index is 11.3. The highest BCUT2D eigenvalue weighted by Crippen LogP contribution is 2.35. The fourth-order valence-corrected chi connectivity index (χ4v) is 5.80. The number of aromatic nitrogens is 5. The predicted octanol–water partition coefficient (Wildman–Crippen LogP) is 4.92. The number of hydrogen-bond donors (Lipinski definition) is 1. The number of rotatable bonds is 9. The summed E-state index contributed by atoms with van der Waals surface area (Å²) in [4.78, 5) is 14.0. The number of benzene rings is 2. The monoisotopic (exact) mass is 535 g/mol. The number of aliphatic hydroxyl groups is 1. The minimum absolute atomic E-state index is 0.231. The quantitative estimate of drug-likeness (QED) is 0.289. The van der Waals surface area contributed by atoms with E-state index in [0.717, 1.165) is 55.1 Å². The van der Waals surface area contributed by atoms with Gasteiger partial charge in [0, 0.05) is 56.7 Å². The van der Waals surface area contributed by atoms with E-state index in [0.29, 0.717) is 13.1 Å². The molecular weight excluding hydrogens is 498 g/mol. The Hall–Kier alpha value is -4.01. The van der Waals surface area contributed by atoms with Crippen LogP contribution in [0.5, 0.6) is 0 Å². The number of anilines is 1. The Bertz CT molecular complexity index is 1530. The zero-order valence-corrected chi connectivity index (χ0v) is 23.3. The molecule has 0 radical (unpaired) electrons. The standard InChI is InChI=1S/C32H37N7O/c1-3-37(21-26-10-12-27(13-11-26)39-17-7-16-35-39)30-28-14-18-38(31(28)34-24-33-30)23-32(2)15-19-36(22-29(32)40)20-25-8-5-4-6-9-25/h4-14,16-18,24,29,40H,3,15,19-23H2,1-2H3/t29-,32+/m0/s1. The molecule has 0 saturated carbocycles. The summed E-state index contributed by atoms with van der Waals surface area (Å²) in [6, 6.07) is 23.0. The second-order valence-electron chi connectivity index (χ2n) is 11.1. The van der Waals surface area contributed by atoms with Gasteiger partial charge in [-0.3, -0.25) is 4.90 Å². The zero-order valence-electron chi connectivity index (χ0n) is 23.3. The van der Waals surface area contributed by atoms with Crippen molar-refractivity contribution in [1.29, 1.82) is 0 Å². The molecule has 8 heteroatoms. The van der Waals surface area contributed by atoms with E-state index in [1.807, 2.05) is 23.0 Å². The molecule has 5 aromatic rings. The van der Waals surface area contributed by atoms with Gasteiger partial charge < -0.3 is 14.6 Å². The summed E-state index contributed by atoms with van der Waals surface area (Å²) in [5.41, 5.74) is 4.22. The van der Waals surface area contributed by atoms with Crippen LogP contribution in [-0.4, -0.2) is 60.1 Å². The van der Waals surface area contributed by atoms with Crippen molar-refractivity contribution in [3.8, 4) is 5.69 Å². The van der Waals surface area contributed by atoms with Gasteiger partial charge in [0.05, 0.1) is 17.2 Å². The molecular formula is C32H37N7O. The number of hydrogen-bond acceptors (Lipinski definition) is 6. The van der Waals surface area contributed by atoms with E-state index in [1.165, 1.54) is 11.1 Å². The van der Waals surface area contributed by atoms with Crippen LogP contribution < -0.4 is 4.90 Å². The first-order valence-electron chi connectivity index (χ1n) is 14.1. The third-order valence-corrected chi connectivity index (χ3v) is 8.31. The van der Waals surface area contributed by atoms with Gasteiger partial charge >= 0.3 is 0 Å². The molecule has 1 aliphatic heterocycles. The molecule has 1 aliphatic rings. The van der Waals surface area contributed by atoms with E-state index < -0.39 is 6.10 Å². The van der Waals surface area contributed by atoms with Gasteiger partial charge in [0.1, 0.15) is 17.8 Å². The van der Waals surface area contributed by atoms with E-state index in [9.17, 15) is 5.11 Å². The van der Waals surface area contributed by atoms with Gasteiger partial charge in [-0.15, -0.1) is 0 Å². The number of nitrogens with zero attached hydrogens (tertiary/aromatic N) is 7. The molecule has 4 heterocycles. The molecule has 6 rings (SSSR count). The normalized spacial score (nSPS) is 19.7. The van der Waals surface area contributed by atoms with Crippen molar-refractivity contribution in [3.05, 3.63) is 103 Å². The smallest absolute Gasteiger partial charge is 0.145 e. The van der Waals surface area contributed by atoms with Crippen LogP contribution in [0.15, 0.2) is 91.6 Å². The van der Waals surface area contributed by atoms with Gasteiger partial charge in [-0.05, 0) is 55.3 Å². The highest BCUT2D eigenvalue weighted by Gasteiger charge is 2.39. The average molecular weight is 536 g/mol. The molecule has 2 aromatic carbocycles. The van der Waals surface area contributed by atoms with Crippen molar-refractivity contribution in [2.24, 2.45) is 5.41 Å². The Morgan fingerprint density at radius 2 is 1.80 bits per heavy atom. The maximum atomic E-state index is 11.3. The van der Waals surface area contributed by atoms with Crippen molar-refractivity contribution < 1.29 is 5.11 Å². The highest BCUT2D eigenvalue weighted by molar-refractivity contribution is 5.87. The molecule has 1 saturated heterocycles. The highest BCUT2D eigenvalue weighted by atomic mass is 16.3. The minimum atomic E-state index is -0.416. The van der Waals surface area contributed by atoms with Crippen molar-refractivity contribution >= 4 is 16.9 Å². The molecule has 0 bridgehead atoms. The Labute approximate surface area is 235 Å². The van der Waals surface area contributed by atoms with Gasteiger partial charge in [-0.2, -0.15) is 5.10 Å². The Morgan fingerprint density at radius 1 is 0.975 bits per heavy atom. The third kappa shape index (κ3) is 5.37. The van der Waals surface area contributed by atoms with Crippen LogP contribution in [0.3, 0.4) is 0 Å². The fourth-order valence-electron chi connectivity index (χ4n) is 5.80. The summed E-state index contributed by atoms with van der Waals surface area (Å²) >= 11 is 0.